The Morgan fingerprint density at radius 1 is 1.32 bits per heavy atom. The van der Waals surface area contributed by atoms with Gasteiger partial charge in [0.1, 0.15) is 5.01 Å². The van der Waals surface area contributed by atoms with Crippen LogP contribution < -0.4 is 10.1 Å². The molecule has 3 rings (SSSR count). The number of rotatable bonds is 6. The fourth-order valence-electron chi connectivity index (χ4n) is 2.30. The second kappa shape index (κ2) is 6.01. The number of ether oxygens (including phenoxy) is 1. The molecule has 0 amide bonds. The van der Waals surface area contributed by atoms with E-state index in [0.717, 1.165) is 24.6 Å². The SMILES string of the molecule is CC1CC=CCC1COc1nnc(CNC2CC2)s1. The van der Waals surface area contributed by atoms with Crippen LogP contribution in [0.15, 0.2) is 12.2 Å². The second-order valence-electron chi connectivity index (χ2n) is 5.61. The van der Waals surface area contributed by atoms with Gasteiger partial charge in [-0.1, -0.05) is 30.4 Å². The number of aromatic nitrogens is 2. The van der Waals surface area contributed by atoms with Crippen LogP contribution in [0.5, 0.6) is 5.19 Å². The Morgan fingerprint density at radius 2 is 2.16 bits per heavy atom. The number of hydrogen-bond donors (Lipinski definition) is 1. The lowest BCUT2D eigenvalue weighted by Crippen LogP contribution is -2.21. The standard InChI is InChI=1S/C14H21N3OS/c1-10-4-2-3-5-11(10)9-18-14-17-16-13(19-14)8-15-12-6-7-12/h2-3,10-12,15H,4-9H2,1H3. The molecule has 2 unspecified atom stereocenters. The Labute approximate surface area is 118 Å². The quantitative estimate of drug-likeness (QED) is 0.813. The summed E-state index contributed by atoms with van der Waals surface area (Å²) in [6.45, 7) is 3.88. The van der Waals surface area contributed by atoms with Gasteiger partial charge in [0.15, 0.2) is 0 Å². The minimum absolute atomic E-state index is 0.613. The lowest BCUT2D eigenvalue weighted by atomic mass is 9.85. The highest BCUT2D eigenvalue weighted by Crippen LogP contribution is 2.27. The van der Waals surface area contributed by atoms with Gasteiger partial charge in [0.25, 0.3) is 5.19 Å². The van der Waals surface area contributed by atoms with E-state index >= 15 is 0 Å². The molecule has 19 heavy (non-hydrogen) atoms. The van der Waals surface area contributed by atoms with E-state index in [1.807, 2.05) is 0 Å². The monoisotopic (exact) mass is 279 g/mol. The summed E-state index contributed by atoms with van der Waals surface area (Å²) in [5.41, 5.74) is 0. The predicted octanol–water partition coefficient (Wildman–Crippen LogP) is 2.77. The van der Waals surface area contributed by atoms with Gasteiger partial charge in [-0.2, -0.15) is 0 Å². The zero-order chi connectivity index (χ0) is 13.1. The van der Waals surface area contributed by atoms with Crippen LogP contribution >= 0.6 is 11.3 Å². The summed E-state index contributed by atoms with van der Waals surface area (Å²) < 4.78 is 5.80. The van der Waals surface area contributed by atoms with Crippen molar-refractivity contribution in [3.8, 4) is 5.19 Å². The molecule has 5 heteroatoms. The third kappa shape index (κ3) is 3.76. The van der Waals surface area contributed by atoms with Gasteiger partial charge in [-0.25, -0.2) is 0 Å². The number of allylic oxidation sites excluding steroid dienone is 2. The van der Waals surface area contributed by atoms with E-state index in [1.165, 1.54) is 19.3 Å². The first-order valence-electron chi connectivity index (χ1n) is 7.15. The van der Waals surface area contributed by atoms with Gasteiger partial charge in [-0.3, -0.25) is 0 Å². The topological polar surface area (TPSA) is 47.0 Å². The molecular formula is C14H21N3OS. The van der Waals surface area contributed by atoms with Crippen molar-refractivity contribution in [3.63, 3.8) is 0 Å². The molecule has 1 aromatic rings. The molecule has 0 spiro atoms. The van der Waals surface area contributed by atoms with Gasteiger partial charge >= 0.3 is 0 Å². The molecule has 2 aliphatic rings. The number of nitrogens with one attached hydrogen (secondary N) is 1. The Balaban J connectivity index is 1.45. The maximum Gasteiger partial charge on any atom is 0.294 e. The molecule has 0 aromatic carbocycles. The second-order valence-corrected chi connectivity index (χ2v) is 6.63. The van der Waals surface area contributed by atoms with Crippen LogP contribution in [0.3, 0.4) is 0 Å². The Bertz CT molecular complexity index is 442. The minimum Gasteiger partial charge on any atom is -0.469 e. The number of hydrogen-bond acceptors (Lipinski definition) is 5. The molecular weight excluding hydrogens is 258 g/mol. The van der Waals surface area contributed by atoms with Crippen molar-refractivity contribution in [2.45, 2.75) is 45.2 Å². The smallest absolute Gasteiger partial charge is 0.294 e. The first-order valence-corrected chi connectivity index (χ1v) is 7.96. The van der Waals surface area contributed by atoms with Gasteiger partial charge in [0.05, 0.1) is 13.2 Å². The highest BCUT2D eigenvalue weighted by atomic mass is 32.1. The highest BCUT2D eigenvalue weighted by Gasteiger charge is 2.21. The molecule has 1 N–H and O–H groups in total. The summed E-state index contributed by atoms with van der Waals surface area (Å²) in [6.07, 6.45) is 9.42. The van der Waals surface area contributed by atoms with Crippen LogP contribution in [0, 0.1) is 11.8 Å². The predicted molar refractivity (Wildman–Crippen MR) is 76.3 cm³/mol. The maximum atomic E-state index is 5.80. The van der Waals surface area contributed by atoms with Crippen LogP contribution in [0.1, 0.15) is 37.6 Å². The molecule has 1 fully saturated rings. The van der Waals surface area contributed by atoms with E-state index in [1.54, 1.807) is 11.3 Å². The molecule has 0 radical (unpaired) electrons. The lowest BCUT2D eigenvalue weighted by Gasteiger charge is -2.24. The van der Waals surface area contributed by atoms with Crippen molar-refractivity contribution >= 4 is 11.3 Å². The minimum atomic E-state index is 0.613. The molecule has 1 heterocycles. The van der Waals surface area contributed by atoms with Gasteiger partial charge < -0.3 is 10.1 Å². The zero-order valence-corrected chi connectivity index (χ0v) is 12.2. The van der Waals surface area contributed by atoms with Crippen molar-refractivity contribution in [2.24, 2.45) is 11.8 Å². The third-order valence-electron chi connectivity index (χ3n) is 3.91. The van der Waals surface area contributed by atoms with Crippen LogP contribution in [0.25, 0.3) is 0 Å². The molecule has 4 nitrogen and oxygen atoms in total. The molecule has 1 aromatic heterocycles. The van der Waals surface area contributed by atoms with E-state index in [2.05, 4.69) is 34.6 Å². The fraction of sp³-hybridized carbons (Fsp3) is 0.714. The van der Waals surface area contributed by atoms with Crippen molar-refractivity contribution in [3.05, 3.63) is 17.2 Å². The highest BCUT2D eigenvalue weighted by molar-refractivity contribution is 7.13. The van der Waals surface area contributed by atoms with E-state index < -0.39 is 0 Å². The van der Waals surface area contributed by atoms with E-state index in [9.17, 15) is 0 Å². The van der Waals surface area contributed by atoms with Crippen LogP contribution in [-0.4, -0.2) is 22.8 Å². The first kappa shape index (κ1) is 13.1. The molecule has 1 saturated carbocycles. The Morgan fingerprint density at radius 3 is 2.95 bits per heavy atom. The molecule has 2 aliphatic carbocycles. The zero-order valence-electron chi connectivity index (χ0n) is 11.3. The van der Waals surface area contributed by atoms with Gasteiger partial charge in [0.2, 0.25) is 0 Å². The summed E-state index contributed by atoms with van der Waals surface area (Å²) >= 11 is 1.57. The Kier molecular flexibility index (Phi) is 4.13. The average molecular weight is 279 g/mol. The third-order valence-corrected chi connectivity index (χ3v) is 4.74. The molecule has 104 valence electrons. The van der Waals surface area contributed by atoms with Crippen LogP contribution in [-0.2, 0) is 6.54 Å². The van der Waals surface area contributed by atoms with Crippen molar-refractivity contribution in [2.75, 3.05) is 6.61 Å². The van der Waals surface area contributed by atoms with Crippen LogP contribution in [0.4, 0.5) is 0 Å². The summed E-state index contributed by atoms with van der Waals surface area (Å²) in [6, 6.07) is 0.711. The van der Waals surface area contributed by atoms with E-state index in [4.69, 9.17) is 4.74 Å². The summed E-state index contributed by atoms with van der Waals surface area (Å²) in [7, 11) is 0. The Hall–Kier alpha value is -0.940. The lowest BCUT2D eigenvalue weighted by molar-refractivity contribution is 0.197. The molecule has 0 bridgehead atoms. The van der Waals surface area contributed by atoms with Gasteiger partial charge in [-0.05, 0) is 37.5 Å². The van der Waals surface area contributed by atoms with Crippen molar-refractivity contribution < 1.29 is 4.74 Å². The number of nitrogens with zero attached hydrogens (tertiary/aromatic N) is 2. The summed E-state index contributed by atoms with van der Waals surface area (Å²) in [4.78, 5) is 0. The normalized spacial score (nSPS) is 26.6. The molecule has 0 saturated heterocycles. The van der Waals surface area contributed by atoms with Crippen LogP contribution in [0.2, 0.25) is 0 Å². The summed E-state index contributed by atoms with van der Waals surface area (Å²) in [5, 5.41) is 13.5. The van der Waals surface area contributed by atoms with Crippen molar-refractivity contribution in [1.29, 1.82) is 0 Å². The maximum absolute atomic E-state index is 5.80. The average Bonchev–Trinajstić information content (AvgIpc) is 3.14. The fourth-order valence-corrected chi connectivity index (χ4v) is 2.95. The van der Waals surface area contributed by atoms with E-state index in [-0.39, 0.29) is 0 Å². The van der Waals surface area contributed by atoms with E-state index in [0.29, 0.717) is 23.1 Å². The van der Waals surface area contributed by atoms with Gasteiger partial charge in [-0.15, -0.1) is 10.2 Å². The van der Waals surface area contributed by atoms with Crippen molar-refractivity contribution in [1.82, 2.24) is 15.5 Å². The first-order chi connectivity index (χ1) is 9.31. The van der Waals surface area contributed by atoms with Gasteiger partial charge in [0, 0.05) is 6.04 Å². The molecule has 0 aliphatic heterocycles. The largest absolute Gasteiger partial charge is 0.469 e. The summed E-state index contributed by atoms with van der Waals surface area (Å²) in [5.74, 6) is 1.32. The molecule has 2 atom stereocenters.